The van der Waals surface area contributed by atoms with Crippen LogP contribution in [0.5, 0.6) is 11.5 Å². The van der Waals surface area contributed by atoms with Crippen molar-refractivity contribution in [1.82, 2.24) is 14.9 Å². The van der Waals surface area contributed by atoms with Crippen molar-refractivity contribution in [3.8, 4) is 11.5 Å². The maximum absolute atomic E-state index is 9.63. The van der Waals surface area contributed by atoms with Crippen molar-refractivity contribution >= 4 is 18.4 Å². The number of rotatable bonds is 3. The van der Waals surface area contributed by atoms with Crippen LogP contribution in [0, 0.1) is 11.7 Å². The molecule has 0 unspecified atom stereocenters. The number of aromatic amines is 1. The Morgan fingerprint density at radius 3 is 2.89 bits per heavy atom. The van der Waals surface area contributed by atoms with Gasteiger partial charge in [0.05, 0.1) is 13.3 Å². The molecule has 2 aromatic rings. The van der Waals surface area contributed by atoms with Gasteiger partial charge in [0.1, 0.15) is 5.82 Å². The molecule has 1 aromatic carbocycles. The lowest BCUT2D eigenvalue weighted by Crippen LogP contribution is -1.94. The lowest BCUT2D eigenvalue weighted by Gasteiger charge is -2.03. The van der Waals surface area contributed by atoms with Crippen molar-refractivity contribution in [2.75, 3.05) is 7.11 Å². The fourth-order valence-corrected chi connectivity index (χ4v) is 1.64. The Labute approximate surface area is 109 Å². The first-order valence-corrected chi connectivity index (χ1v) is 5.58. The van der Waals surface area contributed by atoms with Crippen molar-refractivity contribution < 1.29 is 9.84 Å². The van der Waals surface area contributed by atoms with Gasteiger partial charge in [0.15, 0.2) is 11.5 Å². The number of benzene rings is 1. The van der Waals surface area contributed by atoms with E-state index in [1.807, 2.05) is 0 Å². The summed E-state index contributed by atoms with van der Waals surface area (Å²) in [5.74, 6) is 1.14. The molecule has 0 aliphatic carbocycles. The van der Waals surface area contributed by atoms with Gasteiger partial charge in [-0.05, 0) is 42.9 Å². The van der Waals surface area contributed by atoms with Gasteiger partial charge in [0.2, 0.25) is 4.77 Å². The Balaban J connectivity index is 2.30. The first-order chi connectivity index (χ1) is 8.61. The lowest BCUT2D eigenvalue weighted by atomic mass is 10.2. The van der Waals surface area contributed by atoms with Crippen LogP contribution in [-0.2, 0) is 0 Å². The lowest BCUT2D eigenvalue weighted by molar-refractivity contribution is 0.373. The van der Waals surface area contributed by atoms with E-state index in [1.165, 1.54) is 11.8 Å². The molecule has 6 nitrogen and oxygen atoms in total. The van der Waals surface area contributed by atoms with Crippen molar-refractivity contribution in [1.29, 1.82) is 0 Å². The monoisotopic (exact) mass is 264 g/mol. The van der Waals surface area contributed by atoms with Gasteiger partial charge in [-0.2, -0.15) is 14.9 Å². The van der Waals surface area contributed by atoms with Gasteiger partial charge in [-0.25, -0.2) is 0 Å². The highest BCUT2D eigenvalue weighted by molar-refractivity contribution is 7.71. The summed E-state index contributed by atoms with van der Waals surface area (Å²) in [5.41, 5.74) is 0.732. The molecule has 18 heavy (non-hydrogen) atoms. The van der Waals surface area contributed by atoms with Crippen LogP contribution in [0.4, 0.5) is 0 Å². The van der Waals surface area contributed by atoms with E-state index in [9.17, 15) is 5.11 Å². The van der Waals surface area contributed by atoms with Crippen LogP contribution in [0.2, 0.25) is 0 Å². The molecule has 0 fully saturated rings. The van der Waals surface area contributed by atoms with Gasteiger partial charge in [-0.3, -0.25) is 5.10 Å². The number of ether oxygens (including phenoxy) is 1. The molecule has 0 saturated heterocycles. The Morgan fingerprint density at radius 1 is 1.56 bits per heavy atom. The summed E-state index contributed by atoms with van der Waals surface area (Å²) in [6.45, 7) is 1.79. The smallest absolute Gasteiger partial charge is 0.216 e. The normalized spacial score (nSPS) is 11.0. The zero-order valence-corrected chi connectivity index (χ0v) is 10.7. The van der Waals surface area contributed by atoms with Crippen LogP contribution >= 0.6 is 12.2 Å². The molecule has 0 aliphatic rings. The van der Waals surface area contributed by atoms with E-state index in [4.69, 9.17) is 17.0 Å². The van der Waals surface area contributed by atoms with Gasteiger partial charge in [0, 0.05) is 0 Å². The maximum Gasteiger partial charge on any atom is 0.216 e. The van der Waals surface area contributed by atoms with Crippen LogP contribution in [0.3, 0.4) is 0 Å². The zero-order chi connectivity index (χ0) is 13.1. The van der Waals surface area contributed by atoms with Crippen LogP contribution in [-0.4, -0.2) is 33.3 Å². The second-order valence-electron chi connectivity index (χ2n) is 3.56. The van der Waals surface area contributed by atoms with Crippen LogP contribution in [0.1, 0.15) is 11.4 Å². The highest BCUT2D eigenvalue weighted by Gasteiger charge is 2.01. The van der Waals surface area contributed by atoms with Gasteiger partial charge in [0.25, 0.3) is 0 Å². The van der Waals surface area contributed by atoms with E-state index in [-0.39, 0.29) is 5.75 Å². The molecule has 94 valence electrons. The molecular weight excluding hydrogens is 252 g/mol. The number of hydrogen-bond donors (Lipinski definition) is 2. The molecule has 0 bridgehead atoms. The van der Waals surface area contributed by atoms with Gasteiger partial charge < -0.3 is 9.84 Å². The predicted octanol–water partition coefficient (Wildman–Crippen LogP) is 1.85. The average molecular weight is 264 g/mol. The maximum atomic E-state index is 9.63. The zero-order valence-electron chi connectivity index (χ0n) is 9.91. The van der Waals surface area contributed by atoms with Crippen LogP contribution in [0.15, 0.2) is 23.3 Å². The number of aromatic nitrogens is 3. The third kappa shape index (κ3) is 2.40. The number of aromatic hydroxyl groups is 1. The van der Waals surface area contributed by atoms with E-state index in [1.54, 1.807) is 31.3 Å². The molecule has 0 aliphatic heterocycles. The van der Waals surface area contributed by atoms with Gasteiger partial charge in [-0.15, -0.1) is 0 Å². The summed E-state index contributed by atoms with van der Waals surface area (Å²) >= 11 is 5.02. The molecule has 1 aromatic heterocycles. The van der Waals surface area contributed by atoms with Crippen molar-refractivity contribution in [3.05, 3.63) is 34.4 Å². The molecular formula is C11H12N4O2S. The van der Waals surface area contributed by atoms with Crippen molar-refractivity contribution in [2.24, 2.45) is 5.10 Å². The first-order valence-electron chi connectivity index (χ1n) is 5.17. The Kier molecular flexibility index (Phi) is 3.42. The largest absolute Gasteiger partial charge is 0.504 e. The van der Waals surface area contributed by atoms with E-state index in [0.717, 1.165) is 5.56 Å². The van der Waals surface area contributed by atoms with Gasteiger partial charge in [-0.1, -0.05) is 0 Å². The molecule has 0 amide bonds. The summed E-state index contributed by atoms with van der Waals surface area (Å²) in [6.07, 6.45) is 1.58. The second kappa shape index (κ2) is 5.01. The quantitative estimate of drug-likeness (QED) is 0.655. The molecule has 0 atom stereocenters. The number of nitrogens with zero attached hydrogens (tertiary/aromatic N) is 3. The molecule has 1 heterocycles. The topological polar surface area (TPSA) is 75.4 Å². The molecule has 0 saturated carbocycles. The first kappa shape index (κ1) is 12.3. The molecule has 0 spiro atoms. The second-order valence-corrected chi connectivity index (χ2v) is 3.95. The van der Waals surface area contributed by atoms with E-state index in [0.29, 0.717) is 16.3 Å². The number of methoxy groups -OCH3 is 1. The van der Waals surface area contributed by atoms with Crippen molar-refractivity contribution in [2.45, 2.75) is 6.92 Å². The standard InChI is InChI=1S/C11H12N4O2S/c1-7-13-14-11(18)15(7)12-6-8-3-4-10(17-2)9(16)5-8/h3-6,16H,1-2H3,(H,14,18)/b12-6-. The predicted molar refractivity (Wildman–Crippen MR) is 69.8 cm³/mol. The van der Waals surface area contributed by atoms with E-state index < -0.39 is 0 Å². The minimum absolute atomic E-state index is 0.0639. The molecule has 2 N–H and O–H groups in total. The third-order valence-corrected chi connectivity index (χ3v) is 2.60. The van der Waals surface area contributed by atoms with Crippen molar-refractivity contribution in [3.63, 3.8) is 0 Å². The number of aryl methyl sites for hydroxylation is 1. The molecule has 0 radical (unpaired) electrons. The minimum atomic E-state index is 0.0639. The number of phenols is 1. The number of nitrogens with one attached hydrogen (secondary N) is 1. The highest BCUT2D eigenvalue weighted by Crippen LogP contribution is 2.25. The van der Waals surface area contributed by atoms with Gasteiger partial charge >= 0.3 is 0 Å². The summed E-state index contributed by atoms with van der Waals surface area (Å²) in [5, 5.41) is 20.4. The fourth-order valence-electron chi connectivity index (χ4n) is 1.42. The number of phenolic OH excluding ortho intramolecular Hbond substituents is 1. The van der Waals surface area contributed by atoms with Crippen LogP contribution < -0.4 is 4.74 Å². The minimum Gasteiger partial charge on any atom is -0.504 e. The Bertz CT molecular complexity index is 645. The summed E-state index contributed by atoms with van der Waals surface area (Å²) in [6, 6.07) is 5.00. The SMILES string of the molecule is COc1ccc(/C=N\n2c(C)n[nH]c2=S)cc1O. The highest BCUT2D eigenvalue weighted by atomic mass is 32.1. The van der Waals surface area contributed by atoms with E-state index in [2.05, 4.69) is 15.3 Å². The Morgan fingerprint density at radius 2 is 2.33 bits per heavy atom. The summed E-state index contributed by atoms with van der Waals surface area (Å²) in [7, 11) is 1.50. The summed E-state index contributed by atoms with van der Waals surface area (Å²) in [4.78, 5) is 0. The number of hydrogen-bond acceptors (Lipinski definition) is 5. The fraction of sp³-hybridized carbons (Fsp3) is 0.182. The van der Waals surface area contributed by atoms with E-state index >= 15 is 0 Å². The summed E-state index contributed by atoms with van der Waals surface area (Å²) < 4.78 is 6.87. The molecule has 7 heteroatoms. The Hall–Kier alpha value is -2.15. The third-order valence-electron chi connectivity index (χ3n) is 2.34. The number of H-pyrrole nitrogens is 1. The molecule has 2 rings (SSSR count). The average Bonchev–Trinajstić information content (AvgIpc) is 2.67. The van der Waals surface area contributed by atoms with Crippen LogP contribution in [0.25, 0.3) is 0 Å².